The summed E-state index contributed by atoms with van der Waals surface area (Å²) >= 11 is 18.9. The fraction of sp³-hybridized carbons (Fsp3) is 0.0435. The molecule has 4 aromatic rings. The van der Waals surface area contributed by atoms with Crippen LogP contribution in [0.15, 0.2) is 83.1 Å². The number of hydrogen-bond acceptors (Lipinski definition) is 5. The fourth-order valence-corrected chi connectivity index (χ4v) is 3.86. The van der Waals surface area contributed by atoms with Gasteiger partial charge in [0, 0.05) is 35.8 Å². The number of aromatic nitrogens is 3. The zero-order chi connectivity index (χ0) is 23.4. The highest BCUT2D eigenvalue weighted by atomic mass is 35.5. The van der Waals surface area contributed by atoms with E-state index in [4.69, 9.17) is 39.6 Å². The lowest BCUT2D eigenvalue weighted by Gasteiger charge is -2.14. The summed E-state index contributed by atoms with van der Waals surface area (Å²) < 4.78 is 15.0. The van der Waals surface area contributed by atoms with Crippen LogP contribution in [-0.4, -0.2) is 20.2 Å². The van der Waals surface area contributed by atoms with E-state index in [9.17, 15) is 9.18 Å². The summed E-state index contributed by atoms with van der Waals surface area (Å²) in [6.07, 6.45) is 4.67. The highest BCUT2D eigenvalue weighted by molar-refractivity contribution is 6.38. The monoisotopic (exact) mass is 502 g/mol. The van der Waals surface area contributed by atoms with Crippen molar-refractivity contribution < 1.29 is 9.23 Å². The summed E-state index contributed by atoms with van der Waals surface area (Å²) in [5.74, 6) is -0.0897. The first-order chi connectivity index (χ1) is 15.9. The predicted molar refractivity (Wildman–Crippen MR) is 126 cm³/mol. The first kappa shape index (κ1) is 22.9. The molecule has 4 rings (SSSR count). The third kappa shape index (κ3) is 5.22. The topological polar surface area (TPSA) is 69.4 Å². The summed E-state index contributed by atoms with van der Waals surface area (Å²) in [7, 11) is 0. The number of hydrogen-bond donors (Lipinski definition) is 0. The Balaban J connectivity index is 1.82. The van der Waals surface area contributed by atoms with Gasteiger partial charge in [0.2, 0.25) is 0 Å². The molecule has 2 aromatic carbocycles. The van der Waals surface area contributed by atoms with Crippen LogP contribution >= 0.6 is 34.8 Å². The molecular weight excluding hydrogens is 490 g/mol. The van der Waals surface area contributed by atoms with Crippen molar-refractivity contribution >= 4 is 40.5 Å². The Labute approximate surface area is 202 Å². The highest BCUT2D eigenvalue weighted by Crippen LogP contribution is 2.28. The third-order valence-electron chi connectivity index (χ3n) is 4.52. The fourth-order valence-electron chi connectivity index (χ4n) is 3.02. The Hall–Kier alpha value is -3.26. The van der Waals surface area contributed by atoms with Crippen LogP contribution in [0.2, 0.25) is 15.1 Å². The van der Waals surface area contributed by atoms with Gasteiger partial charge in [-0.15, -0.1) is 0 Å². The lowest BCUT2D eigenvalue weighted by Crippen LogP contribution is -2.20. The number of pyridine rings is 1. The van der Waals surface area contributed by atoms with Gasteiger partial charge in [0.25, 0.3) is 5.56 Å². The molecule has 0 radical (unpaired) electrons. The molecule has 0 saturated heterocycles. The number of para-hydroxylation sites is 1. The van der Waals surface area contributed by atoms with E-state index in [1.54, 1.807) is 42.7 Å². The molecule has 0 N–H and O–H groups in total. The minimum atomic E-state index is -0.505. The Kier molecular flexibility index (Phi) is 7.03. The van der Waals surface area contributed by atoms with Gasteiger partial charge in [0.05, 0.1) is 20.8 Å². The minimum Gasteiger partial charge on any atom is -0.387 e. The van der Waals surface area contributed by atoms with Crippen LogP contribution in [0, 0.1) is 5.82 Å². The molecule has 0 spiro atoms. The maximum atomic E-state index is 13.7. The van der Waals surface area contributed by atoms with Gasteiger partial charge in [0.15, 0.2) is 12.4 Å². The minimum absolute atomic E-state index is 0.0147. The van der Waals surface area contributed by atoms with E-state index < -0.39 is 5.82 Å². The average Bonchev–Trinajstić information content (AvgIpc) is 2.79. The van der Waals surface area contributed by atoms with E-state index in [1.807, 2.05) is 0 Å². The zero-order valence-corrected chi connectivity index (χ0v) is 19.0. The average molecular weight is 504 g/mol. The second-order valence-electron chi connectivity index (χ2n) is 6.70. The van der Waals surface area contributed by atoms with Gasteiger partial charge < -0.3 is 4.84 Å². The largest absolute Gasteiger partial charge is 0.387 e. The predicted octanol–water partition coefficient (Wildman–Crippen LogP) is 5.70. The molecule has 166 valence electrons. The van der Waals surface area contributed by atoms with E-state index in [-0.39, 0.29) is 32.9 Å². The number of rotatable bonds is 6. The molecule has 0 aliphatic carbocycles. The second kappa shape index (κ2) is 10.1. The quantitative estimate of drug-likeness (QED) is 0.250. The van der Waals surface area contributed by atoms with Crippen molar-refractivity contribution in [2.24, 2.45) is 5.16 Å². The first-order valence-corrected chi connectivity index (χ1v) is 10.7. The molecule has 0 fully saturated rings. The Bertz CT molecular complexity index is 1370. The molecule has 0 bridgehead atoms. The third-order valence-corrected chi connectivity index (χ3v) is 5.44. The van der Waals surface area contributed by atoms with Gasteiger partial charge in [-0.1, -0.05) is 46.0 Å². The van der Waals surface area contributed by atoms with Crippen molar-refractivity contribution in [2.75, 3.05) is 0 Å². The molecule has 6 nitrogen and oxygen atoms in total. The van der Waals surface area contributed by atoms with Crippen LogP contribution in [0.5, 0.6) is 0 Å². The Morgan fingerprint density at radius 2 is 1.70 bits per heavy atom. The van der Waals surface area contributed by atoms with Crippen molar-refractivity contribution in [2.45, 2.75) is 6.61 Å². The molecule has 2 heterocycles. The summed E-state index contributed by atoms with van der Waals surface area (Å²) in [6, 6.07) is 13.4. The summed E-state index contributed by atoms with van der Waals surface area (Å²) in [4.78, 5) is 26.3. The SMILES string of the molecule is O=c1ccc(C(=NOCc2ncccn2)c2ccc(F)cc2Cl)cn1-c1c(Cl)cccc1Cl. The van der Waals surface area contributed by atoms with Gasteiger partial charge in [-0.3, -0.25) is 9.36 Å². The number of halogens is 4. The maximum Gasteiger partial charge on any atom is 0.255 e. The number of nitrogens with zero attached hydrogens (tertiary/aromatic N) is 4. The van der Waals surface area contributed by atoms with Crippen molar-refractivity contribution in [1.82, 2.24) is 14.5 Å². The molecule has 0 amide bonds. The number of benzene rings is 2. The standard InChI is InChI=1S/C23H14Cl3FN4O2/c24-17-3-1-4-18(25)23(17)31-12-14(5-8-21(31)32)22(16-7-6-15(27)11-19(16)26)30-33-13-20-28-9-2-10-29-20/h1-12H,13H2. The molecule has 0 saturated carbocycles. The zero-order valence-electron chi connectivity index (χ0n) is 16.8. The van der Waals surface area contributed by atoms with Crippen LogP contribution in [0.25, 0.3) is 5.69 Å². The van der Waals surface area contributed by atoms with Crippen LogP contribution in [0.4, 0.5) is 4.39 Å². The Morgan fingerprint density at radius 1 is 0.970 bits per heavy atom. The second-order valence-corrected chi connectivity index (χ2v) is 7.92. The van der Waals surface area contributed by atoms with Gasteiger partial charge in [-0.05, 0) is 42.5 Å². The van der Waals surface area contributed by atoms with Crippen molar-refractivity contribution in [3.05, 3.63) is 121 Å². The van der Waals surface area contributed by atoms with Gasteiger partial charge in [0.1, 0.15) is 11.5 Å². The van der Waals surface area contributed by atoms with Crippen molar-refractivity contribution in [3.8, 4) is 5.69 Å². The first-order valence-electron chi connectivity index (χ1n) is 9.53. The van der Waals surface area contributed by atoms with Crippen LogP contribution in [-0.2, 0) is 11.4 Å². The maximum absolute atomic E-state index is 13.7. The molecule has 0 unspecified atom stereocenters. The molecule has 33 heavy (non-hydrogen) atoms. The molecule has 10 heteroatoms. The van der Waals surface area contributed by atoms with E-state index >= 15 is 0 Å². The molecule has 0 atom stereocenters. The number of oxime groups is 1. The molecular formula is C23H14Cl3FN4O2. The summed E-state index contributed by atoms with van der Waals surface area (Å²) in [5.41, 5.74) is 1.05. The van der Waals surface area contributed by atoms with Gasteiger partial charge in [-0.25, -0.2) is 14.4 Å². The van der Waals surface area contributed by atoms with Crippen LogP contribution in [0.1, 0.15) is 17.0 Å². The smallest absolute Gasteiger partial charge is 0.255 e. The Morgan fingerprint density at radius 3 is 2.39 bits per heavy atom. The lowest BCUT2D eigenvalue weighted by molar-refractivity contribution is 0.125. The van der Waals surface area contributed by atoms with Crippen molar-refractivity contribution in [3.63, 3.8) is 0 Å². The summed E-state index contributed by atoms with van der Waals surface area (Å²) in [5, 5.41) is 4.90. The van der Waals surface area contributed by atoms with E-state index in [2.05, 4.69) is 15.1 Å². The van der Waals surface area contributed by atoms with Crippen LogP contribution in [0.3, 0.4) is 0 Å². The van der Waals surface area contributed by atoms with E-state index in [0.717, 1.165) is 6.07 Å². The molecule has 2 aromatic heterocycles. The molecule has 0 aliphatic heterocycles. The lowest BCUT2D eigenvalue weighted by atomic mass is 10.0. The van der Waals surface area contributed by atoms with E-state index in [0.29, 0.717) is 22.6 Å². The van der Waals surface area contributed by atoms with Crippen LogP contribution < -0.4 is 5.56 Å². The van der Waals surface area contributed by atoms with E-state index in [1.165, 1.54) is 29.0 Å². The van der Waals surface area contributed by atoms with Gasteiger partial charge in [-0.2, -0.15) is 0 Å². The van der Waals surface area contributed by atoms with Crippen molar-refractivity contribution in [1.29, 1.82) is 0 Å². The normalized spacial score (nSPS) is 11.5. The highest BCUT2D eigenvalue weighted by Gasteiger charge is 2.17. The molecule has 0 aliphatic rings. The summed E-state index contributed by atoms with van der Waals surface area (Å²) in [6.45, 7) is -0.0147. The van der Waals surface area contributed by atoms with Gasteiger partial charge >= 0.3 is 0 Å².